The van der Waals surface area contributed by atoms with Crippen molar-refractivity contribution in [1.29, 1.82) is 0 Å². The Kier molecular flexibility index (Phi) is 8.09. The third kappa shape index (κ3) is 5.54. The van der Waals surface area contributed by atoms with Crippen molar-refractivity contribution < 1.29 is 21.6 Å². The number of Topliss-reactive ketones (excluding diaryl/α,β-unsaturated/α-hetero) is 1. The molecule has 0 radical (unpaired) electrons. The van der Waals surface area contributed by atoms with Crippen LogP contribution < -0.4 is 0 Å². The molecule has 2 aliphatic rings. The van der Waals surface area contributed by atoms with Crippen molar-refractivity contribution in [2.45, 2.75) is 61.5 Å². The number of piperidine rings is 2. The highest BCUT2D eigenvalue weighted by Crippen LogP contribution is 2.48. The van der Waals surface area contributed by atoms with Crippen LogP contribution >= 0.6 is 0 Å². The molecule has 0 bridgehead atoms. The maximum absolute atomic E-state index is 14.6. The van der Waals surface area contributed by atoms with Gasteiger partial charge < -0.3 is 0 Å². The number of nitrogens with zero attached hydrogens (tertiary/aromatic N) is 2. The third-order valence-corrected chi connectivity index (χ3v) is 12.8. The van der Waals surface area contributed by atoms with Gasteiger partial charge in [-0.15, -0.1) is 0 Å². The van der Waals surface area contributed by atoms with Crippen molar-refractivity contribution in [3.63, 3.8) is 0 Å². The van der Waals surface area contributed by atoms with Gasteiger partial charge in [-0.3, -0.25) is 4.79 Å². The number of hydrogen-bond donors (Lipinski definition) is 0. The average Bonchev–Trinajstić information content (AvgIpc) is 3.01. The summed E-state index contributed by atoms with van der Waals surface area (Å²) in [5.74, 6) is -0.956. The minimum absolute atomic E-state index is 0.0379. The first kappa shape index (κ1) is 30.4. The monoisotopic (exact) mass is 628 g/mol. The van der Waals surface area contributed by atoms with E-state index < -0.39 is 44.1 Å². The smallest absolute Gasteiger partial charge is 0.243 e. The topological polar surface area (TPSA) is 91.8 Å². The fourth-order valence-electron chi connectivity index (χ4n) is 6.62. The first-order valence-corrected chi connectivity index (χ1v) is 17.7. The lowest BCUT2D eigenvalue weighted by atomic mass is 9.77. The van der Waals surface area contributed by atoms with E-state index in [1.165, 1.54) is 8.61 Å². The van der Waals surface area contributed by atoms with Crippen LogP contribution in [-0.2, 0) is 24.8 Å². The first-order chi connectivity index (χ1) is 21.0. The number of carbonyl (C=O) groups is 1. The standard InChI is InChI=1S/C35H36N2O5S2/c1-24-12-16-29(17-13-24)43(39,40)36-23-31-34(21-32(36)28-11-7-8-26(3)20-28)37(44(41,42)30-18-14-25(2)15-19-30)33(22-35(31)38)27-9-5-4-6-10-27/h4-20,31-34H,21-23H2,1-3H3/t31-,32?,33?,34?/m1/s1. The van der Waals surface area contributed by atoms with Crippen LogP contribution in [0, 0.1) is 26.7 Å². The van der Waals surface area contributed by atoms with E-state index in [0.29, 0.717) is 0 Å². The van der Waals surface area contributed by atoms with Crippen LogP contribution in [-0.4, -0.2) is 43.8 Å². The van der Waals surface area contributed by atoms with E-state index in [-0.39, 0.29) is 35.0 Å². The highest BCUT2D eigenvalue weighted by molar-refractivity contribution is 7.89. The van der Waals surface area contributed by atoms with Crippen LogP contribution in [0.15, 0.2) is 113 Å². The first-order valence-electron chi connectivity index (χ1n) is 14.8. The molecule has 228 valence electrons. The summed E-state index contributed by atoms with van der Waals surface area (Å²) in [6, 6.07) is 28.2. The molecule has 3 unspecified atom stereocenters. The molecule has 0 aromatic heterocycles. The van der Waals surface area contributed by atoms with Crippen molar-refractivity contribution in [3.05, 3.63) is 131 Å². The zero-order valence-corrected chi connectivity index (χ0v) is 26.6. The van der Waals surface area contributed by atoms with Gasteiger partial charge in [0.2, 0.25) is 20.0 Å². The molecule has 0 amide bonds. The lowest BCUT2D eigenvalue weighted by molar-refractivity contribution is -0.132. The zero-order valence-electron chi connectivity index (χ0n) is 25.0. The van der Waals surface area contributed by atoms with E-state index in [4.69, 9.17) is 0 Å². The van der Waals surface area contributed by atoms with Crippen molar-refractivity contribution in [1.82, 2.24) is 8.61 Å². The SMILES string of the molecule is Cc1ccc(S(=O)(=O)N2C[C@H]3C(=O)CC(c4ccccc4)N(S(=O)(=O)c4ccc(C)cc4)C3CC2c2cccc(C)c2)cc1. The van der Waals surface area contributed by atoms with Crippen LogP contribution in [0.1, 0.15) is 52.7 Å². The van der Waals surface area contributed by atoms with Gasteiger partial charge in [0, 0.05) is 24.9 Å². The lowest BCUT2D eigenvalue weighted by Crippen LogP contribution is -2.60. The molecule has 9 heteroatoms. The Morgan fingerprint density at radius 1 is 0.614 bits per heavy atom. The molecule has 0 spiro atoms. The van der Waals surface area contributed by atoms with Gasteiger partial charge in [0.05, 0.1) is 21.9 Å². The number of fused-ring (bicyclic) bond motifs is 1. The second-order valence-corrected chi connectivity index (χ2v) is 15.7. The van der Waals surface area contributed by atoms with Gasteiger partial charge in [-0.05, 0) is 62.6 Å². The number of carbonyl (C=O) groups excluding carboxylic acids is 1. The molecule has 0 saturated carbocycles. The van der Waals surface area contributed by atoms with Crippen LogP contribution in [0.25, 0.3) is 0 Å². The van der Waals surface area contributed by atoms with Gasteiger partial charge in [0.1, 0.15) is 5.78 Å². The van der Waals surface area contributed by atoms with Gasteiger partial charge >= 0.3 is 0 Å². The summed E-state index contributed by atoms with van der Waals surface area (Å²) >= 11 is 0. The van der Waals surface area contributed by atoms with Gasteiger partial charge in [0.15, 0.2) is 0 Å². The average molecular weight is 629 g/mol. The number of benzene rings is 4. The highest BCUT2D eigenvalue weighted by atomic mass is 32.2. The molecular weight excluding hydrogens is 593 g/mol. The molecule has 2 heterocycles. The Morgan fingerprint density at radius 2 is 1.18 bits per heavy atom. The lowest BCUT2D eigenvalue weighted by Gasteiger charge is -2.51. The van der Waals surface area contributed by atoms with Gasteiger partial charge in [-0.25, -0.2) is 16.8 Å². The number of hydrogen-bond acceptors (Lipinski definition) is 5. The Morgan fingerprint density at radius 3 is 1.77 bits per heavy atom. The van der Waals surface area contributed by atoms with Gasteiger partial charge in [-0.1, -0.05) is 95.6 Å². The van der Waals surface area contributed by atoms with Gasteiger partial charge in [-0.2, -0.15) is 8.61 Å². The molecule has 0 aliphatic carbocycles. The minimum atomic E-state index is -4.08. The van der Waals surface area contributed by atoms with Crippen molar-refractivity contribution in [2.75, 3.05) is 6.54 Å². The number of sulfonamides is 2. The van der Waals surface area contributed by atoms with E-state index in [1.54, 1.807) is 48.5 Å². The fraction of sp³-hybridized carbons (Fsp3) is 0.286. The summed E-state index contributed by atoms with van der Waals surface area (Å²) in [5, 5.41) is 0. The maximum Gasteiger partial charge on any atom is 0.243 e. The quantitative estimate of drug-likeness (QED) is 0.256. The second-order valence-electron chi connectivity index (χ2n) is 12.0. The highest BCUT2D eigenvalue weighted by Gasteiger charge is 2.54. The number of ketones is 1. The minimum Gasteiger partial charge on any atom is -0.299 e. The zero-order chi connectivity index (χ0) is 31.2. The molecule has 4 aromatic carbocycles. The normalized spacial score (nSPS) is 23.3. The summed E-state index contributed by atoms with van der Waals surface area (Å²) in [6.45, 7) is 5.62. The summed E-state index contributed by atoms with van der Waals surface area (Å²) < 4.78 is 60.5. The Labute approximate surface area is 260 Å². The number of rotatable bonds is 6. The molecule has 2 saturated heterocycles. The summed E-state index contributed by atoms with van der Waals surface area (Å²) in [4.78, 5) is 14.3. The summed E-state index contributed by atoms with van der Waals surface area (Å²) in [5.41, 5.74) is 4.33. The van der Waals surface area contributed by atoms with Gasteiger partial charge in [0.25, 0.3) is 0 Å². The molecular formula is C35H36N2O5S2. The van der Waals surface area contributed by atoms with E-state index in [2.05, 4.69) is 0 Å². The third-order valence-electron chi connectivity index (χ3n) is 8.93. The van der Waals surface area contributed by atoms with Crippen molar-refractivity contribution >= 4 is 25.8 Å². The van der Waals surface area contributed by atoms with E-state index in [9.17, 15) is 21.6 Å². The largest absolute Gasteiger partial charge is 0.299 e. The van der Waals surface area contributed by atoms with E-state index >= 15 is 0 Å². The second kappa shape index (κ2) is 11.7. The molecule has 4 atom stereocenters. The Hall–Kier alpha value is -3.63. The molecule has 7 nitrogen and oxygen atoms in total. The molecule has 6 rings (SSSR count). The molecule has 0 N–H and O–H groups in total. The summed E-state index contributed by atoms with van der Waals surface area (Å²) in [7, 11) is -8.11. The van der Waals surface area contributed by atoms with E-state index in [0.717, 1.165) is 27.8 Å². The predicted molar refractivity (Wildman–Crippen MR) is 170 cm³/mol. The fourth-order valence-corrected chi connectivity index (χ4v) is 10.1. The van der Waals surface area contributed by atoms with Crippen LogP contribution in [0.4, 0.5) is 0 Å². The Balaban J connectivity index is 1.51. The summed E-state index contributed by atoms with van der Waals surface area (Å²) in [6.07, 6.45) is 0.100. The number of aryl methyl sites for hydroxylation is 3. The molecule has 2 aliphatic heterocycles. The van der Waals surface area contributed by atoms with Crippen LogP contribution in [0.3, 0.4) is 0 Å². The Bertz CT molecular complexity index is 1890. The van der Waals surface area contributed by atoms with Crippen molar-refractivity contribution in [2.24, 2.45) is 5.92 Å². The van der Waals surface area contributed by atoms with E-state index in [1.807, 2.05) is 75.4 Å². The maximum atomic E-state index is 14.6. The predicted octanol–water partition coefficient (Wildman–Crippen LogP) is 6.14. The molecule has 4 aromatic rings. The molecule has 2 fully saturated rings. The van der Waals surface area contributed by atoms with Crippen LogP contribution in [0.5, 0.6) is 0 Å². The molecule has 44 heavy (non-hydrogen) atoms. The van der Waals surface area contributed by atoms with Crippen molar-refractivity contribution in [3.8, 4) is 0 Å². The van der Waals surface area contributed by atoms with Crippen LogP contribution in [0.2, 0.25) is 0 Å².